The Kier molecular flexibility index (Phi) is 6.34. The van der Waals surface area contributed by atoms with E-state index in [2.05, 4.69) is 161 Å². The topological polar surface area (TPSA) is 22.8 Å². The fourth-order valence-corrected chi connectivity index (χ4v) is 6.70. The molecule has 43 heavy (non-hydrogen) atoms. The lowest BCUT2D eigenvalue weighted by molar-refractivity contribution is 0.817. The van der Waals surface area contributed by atoms with E-state index >= 15 is 0 Å². The summed E-state index contributed by atoms with van der Waals surface area (Å²) in [5, 5.41) is 3.75. The molecule has 8 rings (SSSR count). The number of hydrogen-bond acceptors (Lipinski definition) is 1. The van der Waals surface area contributed by atoms with Crippen molar-refractivity contribution in [2.45, 2.75) is 19.0 Å². The van der Waals surface area contributed by atoms with Gasteiger partial charge in [-0.15, -0.1) is 0 Å². The highest BCUT2D eigenvalue weighted by molar-refractivity contribution is 5.92. The molecule has 0 radical (unpaired) electrons. The summed E-state index contributed by atoms with van der Waals surface area (Å²) >= 11 is 0. The van der Waals surface area contributed by atoms with Gasteiger partial charge in [-0.2, -0.15) is 0 Å². The molecule has 3 heteroatoms. The maximum atomic E-state index is 4.75. The van der Waals surface area contributed by atoms with Crippen LogP contribution in [0, 0.1) is 0 Å². The predicted octanol–water partition coefficient (Wildman–Crippen LogP) is 9.42. The van der Waals surface area contributed by atoms with Gasteiger partial charge in [-0.25, -0.2) is 0 Å². The maximum absolute atomic E-state index is 4.75. The van der Waals surface area contributed by atoms with Crippen molar-refractivity contribution in [2.24, 2.45) is 0 Å². The quantitative estimate of drug-likeness (QED) is 0.193. The zero-order valence-corrected chi connectivity index (χ0v) is 23.8. The van der Waals surface area contributed by atoms with Gasteiger partial charge in [0.25, 0.3) is 0 Å². The van der Waals surface area contributed by atoms with Crippen LogP contribution in [-0.4, -0.2) is 14.1 Å². The van der Waals surface area contributed by atoms with Gasteiger partial charge in [-0.3, -0.25) is 4.98 Å². The Morgan fingerprint density at radius 2 is 0.907 bits per heavy atom. The molecule has 0 bridgehead atoms. The number of nitrogens with zero attached hydrogens (tertiary/aromatic N) is 3. The van der Waals surface area contributed by atoms with Crippen molar-refractivity contribution in [3.63, 3.8) is 0 Å². The molecule has 206 valence electrons. The lowest BCUT2D eigenvalue weighted by Crippen LogP contribution is -2.05. The molecule has 0 unspecified atom stereocenters. The molecule has 5 aromatic carbocycles. The van der Waals surface area contributed by atoms with Crippen LogP contribution in [0.2, 0.25) is 0 Å². The number of aromatic nitrogens is 3. The van der Waals surface area contributed by atoms with E-state index in [-0.39, 0.29) is 5.92 Å². The fraction of sp³-hybridized carbons (Fsp3) is 0.0750. The first-order valence-electron chi connectivity index (χ1n) is 14.9. The molecule has 3 nitrogen and oxygen atoms in total. The second-order valence-electron chi connectivity index (χ2n) is 11.3. The van der Waals surface area contributed by atoms with Crippen molar-refractivity contribution in [3.8, 4) is 0 Å². The molecular weight excluding hydrogens is 522 g/mol. The summed E-state index contributed by atoms with van der Waals surface area (Å²) in [5.41, 5.74) is 9.99. The van der Waals surface area contributed by atoms with Crippen LogP contribution in [0.3, 0.4) is 0 Å². The number of para-hydroxylation sites is 3. The average molecular weight is 554 g/mol. The van der Waals surface area contributed by atoms with Gasteiger partial charge in [-0.1, -0.05) is 115 Å². The molecule has 0 amide bonds. The molecule has 0 saturated heterocycles. The van der Waals surface area contributed by atoms with Crippen molar-refractivity contribution in [1.82, 2.24) is 14.1 Å². The molecule has 3 heterocycles. The molecule has 0 saturated carbocycles. The fourth-order valence-electron chi connectivity index (χ4n) is 6.70. The first-order chi connectivity index (χ1) is 21.3. The van der Waals surface area contributed by atoms with Gasteiger partial charge in [-0.05, 0) is 52.1 Å². The highest BCUT2D eigenvalue weighted by atomic mass is 15.0. The summed E-state index contributed by atoms with van der Waals surface area (Å²) in [6.45, 7) is 1.64. The van der Waals surface area contributed by atoms with E-state index in [0.29, 0.717) is 0 Å². The molecule has 0 aliphatic heterocycles. The minimum absolute atomic E-state index is 0.0109. The maximum Gasteiger partial charge on any atom is 0.0705 e. The number of fused-ring (bicyclic) bond motifs is 3. The van der Waals surface area contributed by atoms with Crippen LogP contribution in [-0.2, 0) is 13.1 Å². The van der Waals surface area contributed by atoms with Crippen LogP contribution in [0.25, 0.3) is 32.7 Å². The highest BCUT2D eigenvalue weighted by Gasteiger charge is 2.27. The lowest BCUT2D eigenvalue weighted by Gasteiger charge is -2.19. The van der Waals surface area contributed by atoms with Crippen molar-refractivity contribution in [3.05, 3.63) is 186 Å². The zero-order valence-electron chi connectivity index (χ0n) is 23.8. The van der Waals surface area contributed by atoms with Crippen molar-refractivity contribution in [2.75, 3.05) is 0 Å². The Balaban J connectivity index is 1.39. The first kappa shape index (κ1) is 25.3. The zero-order chi connectivity index (χ0) is 28.6. The number of pyridine rings is 1. The average Bonchev–Trinajstić information content (AvgIpc) is 3.61. The Morgan fingerprint density at radius 1 is 0.442 bits per heavy atom. The number of rotatable bonds is 7. The van der Waals surface area contributed by atoms with Crippen LogP contribution < -0.4 is 0 Å². The van der Waals surface area contributed by atoms with Crippen LogP contribution >= 0.6 is 0 Å². The van der Waals surface area contributed by atoms with Gasteiger partial charge in [0.05, 0.1) is 5.52 Å². The minimum atomic E-state index is 0.0109. The second-order valence-corrected chi connectivity index (χ2v) is 11.3. The standard InChI is InChI=1S/C40H31N3/c1-3-13-29(14-4-1)25-42-27-35(32-18-8-11-21-38(32)42)40(34-23-24-41-37-20-10-7-17-31(34)37)36-28-43(26-30-15-5-2-6-16-30)39-22-12-9-19-33(36)39/h1-24,27-28,40H,25-26H2. The molecule has 0 N–H and O–H groups in total. The van der Waals surface area contributed by atoms with E-state index in [0.717, 1.165) is 18.6 Å². The third-order valence-electron chi connectivity index (χ3n) is 8.65. The van der Waals surface area contributed by atoms with Gasteiger partial charge < -0.3 is 9.13 Å². The SMILES string of the molecule is c1ccc(Cn2cc(C(c3ccnc4ccccc34)c3cn(Cc4ccccc4)c4ccccc34)c3ccccc32)cc1. The first-order valence-corrected chi connectivity index (χ1v) is 14.9. The van der Waals surface area contributed by atoms with E-state index in [4.69, 9.17) is 4.98 Å². The predicted molar refractivity (Wildman–Crippen MR) is 178 cm³/mol. The summed E-state index contributed by atoms with van der Waals surface area (Å²) < 4.78 is 4.83. The smallest absolute Gasteiger partial charge is 0.0705 e. The van der Waals surface area contributed by atoms with Gasteiger partial charge in [0.15, 0.2) is 0 Å². The van der Waals surface area contributed by atoms with Crippen LogP contribution in [0.1, 0.15) is 33.7 Å². The van der Waals surface area contributed by atoms with Gasteiger partial charge in [0, 0.05) is 64.8 Å². The molecule has 0 aliphatic rings. The lowest BCUT2D eigenvalue weighted by atomic mass is 9.83. The molecule has 0 aliphatic carbocycles. The molecule has 8 aromatic rings. The van der Waals surface area contributed by atoms with Crippen molar-refractivity contribution >= 4 is 32.7 Å². The highest BCUT2D eigenvalue weighted by Crippen LogP contribution is 2.43. The van der Waals surface area contributed by atoms with Crippen LogP contribution in [0.5, 0.6) is 0 Å². The second kappa shape index (κ2) is 10.8. The monoisotopic (exact) mass is 553 g/mol. The van der Waals surface area contributed by atoms with E-state index in [9.17, 15) is 0 Å². The minimum Gasteiger partial charge on any atom is -0.343 e. The van der Waals surface area contributed by atoms with Crippen LogP contribution in [0.15, 0.2) is 158 Å². The van der Waals surface area contributed by atoms with E-state index in [1.165, 1.54) is 55.0 Å². The van der Waals surface area contributed by atoms with Crippen molar-refractivity contribution in [1.29, 1.82) is 0 Å². The Morgan fingerprint density at radius 3 is 1.47 bits per heavy atom. The molecule has 0 fully saturated rings. The van der Waals surface area contributed by atoms with E-state index in [1.54, 1.807) is 0 Å². The largest absolute Gasteiger partial charge is 0.343 e. The van der Waals surface area contributed by atoms with Gasteiger partial charge in [0.2, 0.25) is 0 Å². The molecule has 3 aromatic heterocycles. The van der Waals surface area contributed by atoms with Gasteiger partial charge >= 0.3 is 0 Å². The van der Waals surface area contributed by atoms with E-state index < -0.39 is 0 Å². The number of benzene rings is 5. The summed E-state index contributed by atoms with van der Waals surface area (Å²) in [5.74, 6) is 0.0109. The third kappa shape index (κ3) is 4.60. The summed E-state index contributed by atoms with van der Waals surface area (Å²) in [7, 11) is 0. The van der Waals surface area contributed by atoms with Crippen molar-refractivity contribution < 1.29 is 0 Å². The molecule has 0 spiro atoms. The van der Waals surface area contributed by atoms with Crippen LogP contribution in [0.4, 0.5) is 0 Å². The Bertz CT molecular complexity index is 2060. The Hall–Kier alpha value is -5.41. The summed E-state index contributed by atoms with van der Waals surface area (Å²) in [6, 6.07) is 49.9. The summed E-state index contributed by atoms with van der Waals surface area (Å²) in [6.07, 6.45) is 6.75. The molecule has 0 atom stereocenters. The number of hydrogen-bond donors (Lipinski definition) is 0. The normalized spacial score (nSPS) is 11.7. The van der Waals surface area contributed by atoms with E-state index in [1.807, 2.05) is 6.20 Å². The molecular formula is C40H31N3. The van der Waals surface area contributed by atoms with Gasteiger partial charge in [0.1, 0.15) is 0 Å². The third-order valence-corrected chi connectivity index (χ3v) is 8.65. The summed E-state index contributed by atoms with van der Waals surface area (Å²) in [4.78, 5) is 4.75. The Labute approximate surface area is 251 Å².